The zero-order valence-electron chi connectivity index (χ0n) is 13.1. The van der Waals surface area contributed by atoms with E-state index in [1.807, 2.05) is 5.38 Å². The maximum Gasteiger partial charge on any atom is 0.215 e. The van der Waals surface area contributed by atoms with E-state index >= 15 is 0 Å². The highest BCUT2D eigenvalue weighted by molar-refractivity contribution is 7.88. The Bertz CT molecular complexity index is 887. The highest BCUT2D eigenvalue weighted by Gasteiger charge is 2.36. The predicted octanol–water partition coefficient (Wildman–Crippen LogP) is 3.35. The number of hydrogen-bond acceptors (Lipinski definition) is 5. The fraction of sp³-hybridized carbons (Fsp3) is 0.176. The number of thiophene rings is 1. The first-order valence-corrected chi connectivity index (χ1v) is 10.4. The maximum absolute atomic E-state index is 12.4. The van der Waals surface area contributed by atoms with Crippen molar-refractivity contribution in [1.29, 1.82) is 0 Å². The Kier molecular flexibility index (Phi) is 5.31. The maximum atomic E-state index is 12.4. The van der Waals surface area contributed by atoms with E-state index in [-0.39, 0.29) is 18.1 Å². The van der Waals surface area contributed by atoms with Crippen molar-refractivity contribution in [3.63, 3.8) is 0 Å². The summed E-state index contributed by atoms with van der Waals surface area (Å²) in [7, 11) is -3.71. The van der Waals surface area contributed by atoms with Crippen molar-refractivity contribution >= 4 is 33.0 Å². The molecule has 25 heavy (non-hydrogen) atoms. The fourth-order valence-electron chi connectivity index (χ4n) is 2.43. The van der Waals surface area contributed by atoms with Crippen LogP contribution in [0, 0.1) is 0 Å². The van der Waals surface area contributed by atoms with E-state index in [1.54, 1.807) is 47.8 Å². The van der Waals surface area contributed by atoms with Crippen LogP contribution in [0.1, 0.15) is 16.9 Å². The Balaban J connectivity index is 1.81. The normalized spacial score (nSPS) is 14.3. The van der Waals surface area contributed by atoms with Crippen molar-refractivity contribution in [2.24, 2.45) is 0 Å². The van der Waals surface area contributed by atoms with Gasteiger partial charge in [0.25, 0.3) is 0 Å². The van der Waals surface area contributed by atoms with Gasteiger partial charge in [-0.3, -0.25) is 0 Å². The van der Waals surface area contributed by atoms with Crippen molar-refractivity contribution in [2.45, 2.75) is 11.4 Å². The molecule has 0 radical (unpaired) electrons. The van der Waals surface area contributed by atoms with Gasteiger partial charge in [-0.25, -0.2) is 13.1 Å². The number of sulfonamides is 1. The van der Waals surface area contributed by atoms with E-state index in [0.717, 1.165) is 0 Å². The summed E-state index contributed by atoms with van der Waals surface area (Å²) in [6.07, 6.45) is 1.44. The number of benzene rings is 1. The molecule has 2 N–H and O–H groups in total. The van der Waals surface area contributed by atoms with Crippen molar-refractivity contribution in [3.05, 3.63) is 81.4 Å². The van der Waals surface area contributed by atoms with Gasteiger partial charge in [0.2, 0.25) is 10.0 Å². The summed E-state index contributed by atoms with van der Waals surface area (Å²) in [5, 5.41) is 15.0. The van der Waals surface area contributed by atoms with Gasteiger partial charge < -0.3 is 9.52 Å². The molecule has 0 aliphatic carbocycles. The molecule has 0 bridgehead atoms. The SMILES string of the molecule is O=S(=O)(Cc1ccccc1Cl)NCC(O)(c1ccsc1)c1ccco1. The summed E-state index contributed by atoms with van der Waals surface area (Å²) < 4.78 is 32.6. The van der Waals surface area contributed by atoms with Crippen LogP contribution < -0.4 is 4.72 Å². The molecule has 0 saturated heterocycles. The van der Waals surface area contributed by atoms with Gasteiger partial charge in [0, 0.05) is 10.6 Å². The van der Waals surface area contributed by atoms with E-state index in [2.05, 4.69) is 4.72 Å². The first-order valence-electron chi connectivity index (χ1n) is 7.40. The first kappa shape index (κ1) is 18.2. The summed E-state index contributed by atoms with van der Waals surface area (Å²) in [4.78, 5) is 0. The van der Waals surface area contributed by atoms with Crippen LogP contribution in [0.2, 0.25) is 5.02 Å². The van der Waals surface area contributed by atoms with E-state index in [9.17, 15) is 13.5 Å². The summed E-state index contributed by atoms with van der Waals surface area (Å²) in [5.41, 5.74) is -0.529. The summed E-state index contributed by atoms with van der Waals surface area (Å²) in [6.45, 7) is -0.246. The molecule has 0 saturated carbocycles. The van der Waals surface area contributed by atoms with E-state index in [4.69, 9.17) is 16.0 Å². The number of nitrogens with one attached hydrogen (secondary N) is 1. The topological polar surface area (TPSA) is 79.5 Å². The lowest BCUT2D eigenvalue weighted by Gasteiger charge is -2.25. The molecule has 0 spiro atoms. The van der Waals surface area contributed by atoms with Crippen LogP contribution in [-0.4, -0.2) is 20.1 Å². The second kappa shape index (κ2) is 7.31. The molecular weight excluding hydrogens is 382 g/mol. The zero-order chi connectivity index (χ0) is 17.9. The standard InChI is InChI=1S/C17H16ClNO4S2/c18-15-5-2-1-4-13(15)11-25(21,22)19-12-17(20,14-7-9-24-10-14)16-6-3-8-23-16/h1-10,19-20H,11-12H2. The monoisotopic (exact) mass is 397 g/mol. The Morgan fingerprint density at radius 3 is 2.64 bits per heavy atom. The number of hydrogen-bond donors (Lipinski definition) is 2. The van der Waals surface area contributed by atoms with E-state index in [0.29, 0.717) is 16.1 Å². The molecule has 0 aliphatic heterocycles. The summed E-state index contributed by atoms with van der Waals surface area (Å²) in [5.74, 6) is -0.00351. The average molecular weight is 398 g/mol. The van der Waals surface area contributed by atoms with Gasteiger partial charge in [-0.1, -0.05) is 29.8 Å². The van der Waals surface area contributed by atoms with Gasteiger partial charge in [0.05, 0.1) is 18.6 Å². The molecule has 8 heteroatoms. The lowest BCUT2D eigenvalue weighted by molar-refractivity contribution is 0.0623. The molecule has 1 unspecified atom stereocenters. The second-order valence-corrected chi connectivity index (χ2v) is 8.52. The highest BCUT2D eigenvalue weighted by Crippen LogP contribution is 2.31. The summed E-state index contributed by atoms with van der Waals surface area (Å²) in [6, 6.07) is 11.7. The molecule has 3 rings (SSSR count). The molecule has 3 aromatic rings. The van der Waals surface area contributed by atoms with E-state index in [1.165, 1.54) is 17.6 Å². The molecule has 0 aliphatic rings. The predicted molar refractivity (Wildman–Crippen MR) is 98.1 cm³/mol. The van der Waals surface area contributed by atoms with Crippen molar-refractivity contribution in [1.82, 2.24) is 4.72 Å². The van der Waals surface area contributed by atoms with Crippen LogP contribution in [-0.2, 0) is 21.4 Å². The minimum atomic E-state index is -3.71. The van der Waals surface area contributed by atoms with Gasteiger partial charge in [-0.2, -0.15) is 11.3 Å². The number of halogens is 1. The molecule has 1 aromatic carbocycles. The van der Waals surface area contributed by atoms with Crippen molar-refractivity contribution in [2.75, 3.05) is 6.54 Å². The van der Waals surface area contributed by atoms with Gasteiger partial charge in [-0.15, -0.1) is 0 Å². The van der Waals surface area contributed by atoms with Gasteiger partial charge >= 0.3 is 0 Å². The molecule has 1 atom stereocenters. The lowest BCUT2D eigenvalue weighted by Crippen LogP contribution is -2.41. The smallest absolute Gasteiger partial charge is 0.215 e. The molecule has 132 valence electrons. The quantitative estimate of drug-likeness (QED) is 0.640. The van der Waals surface area contributed by atoms with Crippen LogP contribution in [0.5, 0.6) is 0 Å². The van der Waals surface area contributed by atoms with Crippen LogP contribution in [0.25, 0.3) is 0 Å². The van der Waals surface area contributed by atoms with Gasteiger partial charge in [0.15, 0.2) is 5.60 Å². The third kappa shape index (κ3) is 4.13. The minimum absolute atomic E-state index is 0.246. The third-order valence-electron chi connectivity index (χ3n) is 3.78. The van der Waals surface area contributed by atoms with Crippen LogP contribution in [0.15, 0.2) is 63.9 Å². The average Bonchev–Trinajstić information content (AvgIpc) is 3.28. The largest absolute Gasteiger partial charge is 0.466 e. The molecule has 0 amide bonds. The summed E-state index contributed by atoms with van der Waals surface area (Å²) >= 11 is 7.43. The van der Waals surface area contributed by atoms with Crippen LogP contribution >= 0.6 is 22.9 Å². The molecule has 2 aromatic heterocycles. The first-order chi connectivity index (χ1) is 11.9. The Morgan fingerprint density at radius 2 is 2.00 bits per heavy atom. The second-order valence-electron chi connectivity index (χ2n) is 5.52. The molecular formula is C17H16ClNO4S2. The van der Waals surface area contributed by atoms with Crippen LogP contribution in [0.3, 0.4) is 0 Å². The van der Waals surface area contributed by atoms with Crippen molar-refractivity contribution in [3.8, 4) is 0 Å². The van der Waals surface area contributed by atoms with Crippen molar-refractivity contribution < 1.29 is 17.9 Å². The Morgan fingerprint density at radius 1 is 1.20 bits per heavy atom. The minimum Gasteiger partial charge on any atom is -0.466 e. The zero-order valence-corrected chi connectivity index (χ0v) is 15.4. The third-order valence-corrected chi connectivity index (χ3v) is 6.11. The fourth-order valence-corrected chi connectivity index (χ4v) is 4.63. The van der Waals surface area contributed by atoms with Gasteiger partial charge in [-0.05, 0) is 40.6 Å². The number of rotatable bonds is 7. The van der Waals surface area contributed by atoms with E-state index < -0.39 is 15.6 Å². The van der Waals surface area contributed by atoms with Crippen LogP contribution in [0.4, 0.5) is 0 Å². The molecule has 0 fully saturated rings. The number of furan rings is 1. The molecule has 2 heterocycles. The highest BCUT2D eigenvalue weighted by atomic mass is 35.5. The molecule has 5 nitrogen and oxygen atoms in total. The number of aliphatic hydroxyl groups is 1. The Labute approximate surface area is 154 Å². The Hall–Kier alpha value is -1.64. The van der Waals surface area contributed by atoms with Gasteiger partial charge in [0.1, 0.15) is 5.76 Å². The lowest BCUT2D eigenvalue weighted by atomic mass is 9.94.